The highest BCUT2D eigenvalue weighted by Gasteiger charge is 2.32. The maximum Gasteiger partial charge on any atom is 0.205 e. The van der Waals surface area contributed by atoms with Crippen LogP contribution in [0.2, 0.25) is 0 Å². The van der Waals surface area contributed by atoms with Crippen molar-refractivity contribution in [2.45, 2.75) is 32.5 Å². The number of nitrogens with one attached hydrogen (secondary N) is 1. The second-order valence-electron chi connectivity index (χ2n) is 6.33. The Hall–Kier alpha value is -1.57. The largest absolute Gasteiger partial charge is 0.360 e. The van der Waals surface area contributed by atoms with Crippen molar-refractivity contribution in [3.05, 3.63) is 40.7 Å². The van der Waals surface area contributed by atoms with Gasteiger partial charge < -0.3 is 14.8 Å². The number of benzene rings is 1. The summed E-state index contributed by atoms with van der Waals surface area (Å²) in [6, 6.07) is 6.47. The zero-order valence-electron chi connectivity index (χ0n) is 13.9. The number of nitrogens with zero attached hydrogens (tertiary/aromatic N) is 2. The van der Waals surface area contributed by atoms with E-state index in [4.69, 9.17) is 9.47 Å². The van der Waals surface area contributed by atoms with Crippen molar-refractivity contribution in [1.82, 2.24) is 10.2 Å². The molecule has 2 aromatic rings. The molecule has 1 aliphatic rings. The van der Waals surface area contributed by atoms with Crippen LogP contribution in [-0.4, -0.2) is 35.7 Å². The predicted molar refractivity (Wildman–Crippen MR) is 91.7 cm³/mol. The Labute approximate surface area is 145 Å². The van der Waals surface area contributed by atoms with E-state index in [0.29, 0.717) is 25.6 Å². The summed E-state index contributed by atoms with van der Waals surface area (Å²) in [5, 5.41) is 13.4. The molecule has 0 bridgehead atoms. The quantitative estimate of drug-likeness (QED) is 0.828. The first-order valence-corrected chi connectivity index (χ1v) is 8.93. The molecule has 1 N–H and O–H groups in total. The van der Waals surface area contributed by atoms with Crippen LogP contribution in [0.25, 0.3) is 0 Å². The molecule has 1 saturated heterocycles. The minimum atomic E-state index is -0.462. The first-order valence-electron chi connectivity index (χ1n) is 8.11. The summed E-state index contributed by atoms with van der Waals surface area (Å²) in [6.07, 6.45) is 1.50. The van der Waals surface area contributed by atoms with E-state index in [9.17, 15) is 4.39 Å². The summed E-state index contributed by atoms with van der Waals surface area (Å²) in [5.74, 6) is -0.301. The molecule has 24 heavy (non-hydrogen) atoms. The Morgan fingerprint density at radius 2 is 1.96 bits per heavy atom. The molecule has 0 aliphatic carbocycles. The molecule has 1 fully saturated rings. The van der Waals surface area contributed by atoms with Crippen molar-refractivity contribution in [1.29, 1.82) is 0 Å². The molecule has 1 atom stereocenters. The highest BCUT2D eigenvalue weighted by Crippen LogP contribution is 2.27. The van der Waals surface area contributed by atoms with Gasteiger partial charge in [0, 0.05) is 19.4 Å². The lowest BCUT2D eigenvalue weighted by atomic mass is 10.0. The van der Waals surface area contributed by atoms with Crippen LogP contribution in [0, 0.1) is 11.7 Å². The van der Waals surface area contributed by atoms with Gasteiger partial charge in [0.05, 0.1) is 13.2 Å². The van der Waals surface area contributed by atoms with Crippen molar-refractivity contribution in [2.24, 2.45) is 5.92 Å². The van der Waals surface area contributed by atoms with Crippen LogP contribution in [-0.2, 0) is 15.9 Å². The molecule has 2 heterocycles. The van der Waals surface area contributed by atoms with Crippen molar-refractivity contribution in [2.75, 3.05) is 25.1 Å². The third-order valence-electron chi connectivity index (χ3n) is 3.95. The second kappa shape index (κ2) is 7.55. The van der Waals surface area contributed by atoms with Crippen LogP contribution >= 0.6 is 11.3 Å². The van der Waals surface area contributed by atoms with Crippen LogP contribution in [0.15, 0.2) is 24.3 Å². The molecule has 1 aromatic carbocycles. The molecule has 7 heteroatoms. The van der Waals surface area contributed by atoms with Gasteiger partial charge in [0.1, 0.15) is 10.8 Å². The van der Waals surface area contributed by atoms with Crippen LogP contribution in [0.3, 0.4) is 0 Å². The van der Waals surface area contributed by atoms with Crippen LogP contribution in [0.5, 0.6) is 0 Å². The Balaban J connectivity index is 1.48. The summed E-state index contributed by atoms with van der Waals surface area (Å²) >= 11 is 1.53. The molecule has 1 aromatic heterocycles. The molecule has 0 spiro atoms. The van der Waals surface area contributed by atoms with E-state index >= 15 is 0 Å². The number of hydrogen-bond acceptors (Lipinski definition) is 6. The maximum absolute atomic E-state index is 12.9. The van der Waals surface area contributed by atoms with Crippen molar-refractivity contribution < 1.29 is 13.9 Å². The highest BCUT2D eigenvalue weighted by molar-refractivity contribution is 7.15. The van der Waals surface area contributed by atoms with Gasteiger partial charge in [-0.3, -0.25) is 0 Å². The fraction of sp³-hybridized carbons (Fsp3) is 0.529. The average molecular weight is 351 g/mol. The van der Waals surface area contributed by atoms with E-state index in [1.165, 1.54) is 23.5 Å². The summed E-state index contributed by atoms with van der Waals surface area (Å²) in [5.41, 5.74) is 1.02. The average Bonchev–Trinajstić information content (AvgIpc) is 3.17. The van der Waals surface area contributed by atoms with Crippen LogP contribution in [0.4, 0.5) is 9.52 Å². The number of halogens is 1. The highest BCUT2D eigenvalue weighted by atomic mass is 32.1. The standard InChI is InChI=1S/C17H22FN3O2S/c1-12(10-17(2)22-7-8-23-17)11-19-16-21-20-15(24-16)9-13-3-5-14(18)6-4-13/h3-6,12H,7-11H2,1-2H3,(H,19,21). The first-order chi connectivity index (χ1) is 11.5. The SMILES string of the molecule is CC(CNc1nnc(Cc2ccc(F)cc2)s1)CC1(C)OCCO1. The molecular formula is C17H22FN3O2S. The Morgan fingerprint density at radius 1 is 1.25 bits per heavy atom. The maximum atomic E-state index is 12.9. The van der Waals surface area contributed by atoms with Gasteiger partial charge in [-0.1, -0.05) is 30.4 Å². The monoisotopic (exact) mass is 351 g/mol. The lowest BCUT2D eigenvalue weighted by Crippen LogP contribution is -2.30. The van der Waals surface area contributed by atoms with E-state index in [1.807, 2.05) is 6.92 Å². The fourth-order valence-electron chi connectivity index (χ4n) is 2.81. The summed E-state index contributed by atoms with van der Waals surface area (Å²) in [4.78, 5) is 0. The van der Waals surface area contributed by atoms with Gasteiger partial charge in [-0.05, 0) is 30.5 Å². The molecule has 0 radical (unpaired) electrons. The van der Waals surface area contributed by atoms with Gasteiger partial charge in [-0.15, -0.1) is 10.2 Å². The van der Waals surface area contributed by atoms with E-state index in [1.54, 1.807) is 12.1 Å². The number of rotatable bonds is 7. The molecule has 3 rings (SSSR count). The topological polar surface area (TPSA) is 56.3 Å². The summed E-state index contributed by atoms with van der Waals surface area (Å²) < 4.78 is 24.2. The molecular weight excluding hydrogens is 329 g/mol. The lowest BCUT2D eigenvalue weighted by molar-refractivity contribution is -0.153. The predicted octanol–water partition coefficient (Wildman–Crippen LogP) is 3.47. The third-order valence-corrected chi connectivity index (χ3v) is 4.84. The van der Waals surface area contributed by atoms with Gasteiger partial charge >= 0.3 is 0 Å². The Morgan fingerprint density at radius 3 is 2.67 bits per heavy atom. The zero-order chi connectivity index (χ0) is 17.0. The Kier molecular flexibility index (Phi) is 5.43. The minimum Gasteiger partial charge on any atom is -0.360 e. The third kappa shape index (κ3) is 4.72. The van der Waals surface area contributed by atoms with Crippen molar-refractivity contribution in [3.8, 4) is 0 Å². The molecule has 0 saturated carbocycles. The van der Waals surface area contributed by atoms with Gasteiger partial charge in [0.25, 0.3) is 0 Å². The van der Waals surface area contributed by atoms with Gasteiger partial charge in [-0.25, -0.2) is 4.39 Å². The molecule has 1 unspecified atom stereocenters. The van der Waals surface area contributed by atoms with Crippen LogP contribution < -0.4 is 5.32 Å². The van der Waals surface area contributed by atoms with Gasteiger partial charge in [-0.2, -0.15) is 0 Å². The van der Waals surface area contributed by atoms with E-state index in [0.717, 1.165) is 28.7 Å². The number of aromatic nitrogens is 2. The van der Waals surface area contributed by atoms with E-state index < -0.39 is 5.79 Å². The van der Waals surface area contributed by atoms with Crippen molar-refractivity contribution >= 4 is 16.5 Å². The molecule has 1 aliphatic heterocycles. The van der Waals surface area contributed by atoms with E-state index in [2.05, 4.69) is 22.4 Å². The van der Waals surface area contributed by atoms with Crippen LogP contribution in [0.1, 0.15) is 30.8 Å². The second-order valence-corrected chi connectivity index (χ2v) is 7.39. The van der Waals surface area contributed by atoms with E-state index in [-0.39, 0.29) is 5.82 Å². The molecule has 0 amide bonds. The van der Waals surface area contributed by atoms with Crippen molar-refractivity contribution in [3.63, 3.8) is 0 Å². The fourth-order valence-corrected chi connectivity index (χ4v) is 3.60. The zero-order valence-corrected chi connectivity index (χ0v) is 14.7. The normalized spacial score (nSPS) is 17.8. The summed E-state index contributed by atoms with van der Waals surface area (Å²) in [7, 11) is 0. The lowest BCUT2D eigenvalue weighted by Gasteiger charge is -2.25. The minimum absolute atomic E-state index is 0.226. The van der Waals surface area contributed by atoms with Gasteiger partial charge in [0.2, 0.25) is 5.13 Å². The molecule has 130 valence electrons. The number of anilines is 1. The smallest absolute Gasteiger partial charge is 0.205 e. The first kappa shape index (κ1) is 17.3. The van der Waals surface area contributed by atoms with Gasteiger partial charge in [0.15, 0.2) is 5.79 Å². The molecule has 5 nitrogen and oxygen atoms in total. The number of hydrogen-bond donors (Lipinski definition) is 1. The summed E-state index contributed by atoms with van der Waals surface area (Å²) in [6.45, 7) is 6.26. The Bertz CT molecular complexity index is 656. The number of ether oxygens (including phenoxy) is 2.